The molecule has 1 N–H and O–H groups in total. The maximum Gasteiger partial charge on any atom is 0.339 e. The molecule has 7 atom stereocenters. The number of hydrogen-bond acceptors (Lipinski definition) is 5. The van der Waals surface area contributed by atoms with Crippen LogP contribution < -0.4 is 0 Å². The zero-order valence-corrected chi connectivity index (χ0v) is 17.1. The minimum absolute atomic E-state index is 0.00915. The van der Waals surface area contributed by atoms with Gasteiger partial charge < -0.3 is 14.6 Å². The molecule has 2 saturated heterocycles. The van der Waals surface area contributed by atoms with E-state index in [1.807, 2.05) is 6.92 Å². The van der Waals surface area contributed by atoms with Crippen molar-refractivity contribution in [3.8, 4) is 0 Å². The largest absolute Gasteiger partial charge is 0.457 e. The summed E-state index contributed by atoms with van der Waals surface area (Å²) in [6, 6.07) is 0. The number of aliphatic hydroxyl groups is 1. The lowest BCUT2D eigenvalue weighted by molar-refractivity contribution is -0.223. The number of rotatable bonds is 4. The molecule has 0 amide bonds. The van der Waals surface area contributed by atoms with Gasteiger partial charge in [-0.1, -0.05) is 25.5 Å². The number of alkyl halides is 1. The number of hydrogen-bond donors (Lipinski definition) is 1. The molecule has 3 rings (SSSR count). The Labute approximate surface area is 160 Å². The predicted molar refractivity (Wildman–Crippen MR) is 97.9 cm³/mol. The molecule has 5 nitrogen and oxygen atoms in total. The summed E-state index contributed by atoms with van der Waals surface area (Å²) in [7, 11) is 0. The van der Waals surface area contributed by atoms with E-state index in [0.29, 0.717) is 12.8 Å². The lowest BCUT2D eigenvalue weighted by atomic mass is 9.72. The molecule has 2 aliphatic heterocycles. The van der Waals surface area contributed by atoms with E-state index >= 15 is 0 Å². The third-order valence-electron chi connectivity index (χ3n) is 6.64. The van der Waals surface area contributed by atoms with Crippen LogP contribution in [0.1, 0.15) is 54.4 Å². The van der Waals surface area contributed by atoms with Crippen LogP contribution in [0.3, 0.4) is 0 Å². The van der Waals surface area contributed by atoms with Gasteiger partial charge in [0, 0.05) is 0 Å². The number of ether oxygens (including phenoxy) is 2. The number of allylic oxidation sites excluding steroid dienone is 1. The predicted octanol–water partition coefficient (Wildman–Crippen LogP) is 3.02. The van der Waals surface area contributed by atoms with Gasteiger partial charge in [-0.15, -0.1) is 11.6 Å². The number of ketones is 1. The average Bonchev–Trinajstić information content (AvgIpc) is 2.92. The van der Waals surface area contributed by atoms with Crippen molar-refractivity contribution in [2.75, 3.05) is 0 Å². The first-order chi connectivity index (χ1) is 11.9. The van der Waals surface area contributed by atoms with Gasteiger partial charge >= 0.3 is 5.97 Å². The monoisotopic (exact) mass is 384 g/mol. The van der Waals surface area contributed by atoms with E-state index < -0.39 is 34.3 Å². The van der Waals surface area contributed by atoms with Crippen molar-refractivity contribution in [3.63, 3.8) is 0 Å². The molecule has 0 unspecified atom stereocenters. The molecule has 3 aliphatic rings. The number of Topliss-reactive ketones (excluding diaryl/α,β-unsaturated/α-hetero) is 1. The first-order valence-electron chi connectivity index (χ1n) is 9.36. The summed E-state index contributed by atoms with van der Waals surface area (Å²) < 4.78 is 12.1. The highest BCUT2D eigenvalue weighted by Crippen LogP contribution is 2.60. The van der Waals surface area contributed by atoms with Gasteiger partial charge in [-0.05, 0) is 52.4 Å². The Morgan fingerprint density at radius 1 is 1.46 bits per heavy atom. The molecular formula is C20H29ClO5. The molecule has 1 aliphatic carbocycles. The second-order valence-electron chi connectivity index (χ2n) is 8.92. The lowest BCUT2D eigenvalue weighted by Crippen LogP contribution is -2.58. The summed E-state index contributed by atoms with van der Waals surface area (Å²) in [6.45, 7) is 10.8. The van der Waals surface area contributed by atoms with Gasteiger partial charge in [0.1, 0.15) is 11.7 Å². The van der Waals surface area contributed by atoms with E-state index in [4.69, 9.17) is 21.1 Å². The Kier molecular flexibility index (Phi) is 4.61. The standard InChI is InChI=1S/C20H29ClO5/c1-10(2)13-8-15(25-17(23)18(5,24)12(4)21)19(6)16(22)14-7-11(3)9-20(13,14)26-19/h9-10,12-15,24H,7-8H2,1-6H3/t12-,13-,14+,15-,18+,19+,20-/m0/s1. The summed E-state index contributed by atoms with van der Waals surface area (Å²) in [6.07, 6.45) is 2.59. The summed E-state index contributed by atoms with van der Waals surface area (Å²) in [5.41, 5.74) is -2.44. The fraction of sp³-hybridized carbons (Fsp3) is 0.800. The van der Waals surface area contributed by atoms with E-state index in [2.05, 4.69) is 19.9 Å². The fourth-order valence-corrected chi connectivity index (χ4v) is 4.95. The van der Waals surface area contributed by atoms with Crippen molar-refractivity contribution < 1.29 is 24.2 Å². The first-order valence-corrected chi connectivity index (χ1v) is 9.80. The first kappa shape index (κ1) is 19.8. The van der Waals surface area contributed by atoms with Gasteiger partial charge in [-0.25, -0.2) is 4.79 Å². The summed E-state index contributed by atoms with van der Waals surface area (Å²) >= 11 is 5.94. The molecule has 2 bridgehead atoms. The van der Waals surface area contributed by atoms with Gasteiger partial charge in [-0.2, -0.15) is 0 Å². The summed E-state index contributed by atoms with van der Waals surface area (Å²) in [4.78, 5) is 25.8. The fourth-order valence-electron chi connectivity index (χ4n) is 4.86. The van der Waals surface area contributed by atoms with Gasteiger partial charge in [-0.3, -0.25) is 4.79 Å². The molecule has 0 radical (unpaired) electrons. The van der Waals surface area contributed by atoms with E-state index in [0.717, 1.165) is 0 Å². The molecule has 6 heteroatoms. The topological polar surface area (TPSA) is 72.8 Å². The maximum absolute atomic E-state index is 13.2. The molecule has 0 aromatic carbocycles. The van der Waals surface area contributed by atoms with E-state index in [1.165, 1.54) is 19.4 Å². The zero-order chi connectivity index (χ0) is 19.7. The Hall–Kier alpha value is -0.910. The third-order valence-corrected chi connectivity index (χ3v) is 7.07. The Morgan fingerprint density at radius 2 is 2.08 bits per heavy atom. The molecule has 146 valence electrons. The minimum Gasteiger partial charge on any atom is -0.457 e. The minimum atomic E-state index is -1.83. The molecule has 0 aromatic rings. The summed E-state index contributed by atoms with van der Waals surface area (Å²) in [5.74, 6) is -0.740. The van der Waals surface area contributed by atoms with Crippen molar-refractivity contribution in [1.82, 2.24) is 0 Å². The highest BCUT2D eigenvalue weighted by atomic mass is 35.5. The zero-order valence-electron chi connectivity index (χ0n) is 16.3. The second-order valence-corrected chi connectivity index (χ2v) is 9.57. The quantitative estimate of drug-likeness (QED) is 0.458. The van der Waals surface area contributed by atoms with E-state index in [-0.39, 0.29) is 23.5 Å². The van der Waals surface area contributed by atoms with Crippen molar-refractivity contribution in [2.24, 2.45) is 17.8 Å². The number of esters is 1. The number of carbonyl (C=O) groups excluding carboxylic acids is 2. The van der Waals surface area contributed by atoms with Crippen LogP contribution >= 0.6 is 11.6 Å². The Morgan fingerprint density at radius 3 is 2.62 bits per heavy atom. The summed E-state index contributed by atoms with van der Waals surface area (Å²) in [5, 5.41) is 9.52. The number of fused-ring (bicyclic) bond motifs is 1. The van der Waals surface area contributed by atoms with Crippen molar-refractivity contribution in [1.29, 1.82) is 0 Å². The average molecular weight is 385 g/mol. The lowest BCUT2D eigenvalue weighted by Gasteiger charge is -2.47. The molecule has 2 heterocycles. The highest BCUT2D eigenvalue weighted by molar-refractivity contribution is 6.22. The molecule has 2 fully saturated rings. The van der Waals surface area contributed by atoms with Gasteiger partial charge in [0.2, 0.25) is 0 Å². The second kappa shape index (κ2) is 6.05. The number of carbonyl (C=O) groups is 2. The van der Waals surface area contributed by atoms with Crippen LogP contribution in [0.15, 0.2) is 11.6 Å². The molecule has 0 aromatic heterocycles. The van der Waals surface area contributed by atoms with Crippen LogP contribution in [0.5, 0.6) is 0 Å². The molecule has 0 saturated carbocycles. The van der Waals surface area contributed by atoms with Crippen LogP contribution in [-0.4, -0.2) is 45.1 Å². The normalized spacial score (nSPS) is 42.3. The molecule has 26 heavy (non-hydrogen) atoms. The Balaban J connectivity index is 1.96. The van der Waals surface area contributed by atoms with Crippen molar-refractivity contribution in [2.45, 2.75) is 82.7 Å². The number of halogens is 1. The van der Waals surface area contributed by atoms with E-state index in [1.54, 1.807) is 6.92 Å². The third kappa shape index (κ3) is 2.58. The smallest absolute Gasteiger partial charge is 0.339 e. The van der Waals surface area contributed by atoms with Gasteiger partial charge in [0.15, 0.2) is 17.0 Å². The van der Waals surface area contributed by atoms with Crippen LogP contribution in [-0.2, 0) is 19.1 Å². The van der Waals surface area contributed by atoms with Gasteiger partial charge in [0.05, 0.1) is 11.3 Å². The highest BCUT2D eigenvalue weighted by Gasteiger charge is 2.71. The van der Waals surface area contributed by atoms with E-state index in [9.17, 15) is 14.7 Å². The van der Waals surface area contributed by atoms with Gasteiger partial charge in [0.25, 0.3) is 0 Å². The van der Waals surface area contributed by atoms with Crippen molar-refractivity contribution >= 4 is 23.4 Å². The van der Waals surface area contributed by atoms with Crippen LogP contribution in [0, 0.1) is 17.8 Å². The Bertz CT molecular complexity index is 667. The molecular weight excluding hydrogens is 356 g/mol. The molecule has 1 spiro atoms. The van der Waals surface area contributed by atoms with Crippen molar-refractivity contribution in [3.05, 3.63) is 11.6 Å². The van der Waals surface area contributed by atoms with Crippen LogP contribution in [0.4, 0.5) is 0 Å². The van der Waals surface area contributed by atoms with Crippen LogP contribution in [0.25, 0.3) is 0 Å². The SMILES string of the molecule is CC1=C[C@@]23O[C@@](C)(C(=O)[C@H]2C1)[C@@H](OC(=O)[C@](C)(O)[C@H](C)Cl)C[C@H]3C(C)C. The maximum atomic E-state index is 13.2. The van der Waals surface area contributed by atoms with Crippen LogP contribution in [0.2, 0.25) is 0 Å².